The Bertz CT molecular complexity index is 3980. The van der Waals surface area contributed by atoms with Crippen molar-refractivity contribution in [2.45, 2.75) is 91.3 Å². The number of azide groups is 2. The van der Waals surface area contributed by atoms with Gasteiger partial charge < -0.3 is 45.1 Å². The molecule has 4 aromatic carbocycles. The minimum atomic E-state index is -1.36. The first-order chi connectivity index (χ1) is 42.2. The molecule has 1 amide bonds. The van der Waals surface area contributed by atoms with Crippen LogP contribution >= 0.6 is 69.6 Å². The van der Waals surface area contributed by atoms with Crippen LogP contribution in [0.1, 0.15) is 101 Å². The topological polar surface area (TPSA) is 354 Å². The minimum absolute atomic E-state index is 0.0602. The number of aliphatic carboxylic acids is 1. The van der Waals surface area contributed by atoms with Crippen LogP contribution in [0.3, 0.4) is 0 Å². The molecule has 6 N–H and O–H groups in total. The van der Waals surface area contributed by atoms with Crippen LogP contribution in [0.2, 0.25) is 30.1 Å². The number of nitrogens with two attached hydrogens (primary N) is 1. The molecule has 0 saturated heterocycles. The second-order valence-corrected chi connectivity index (χ2v) is 23.6. The molecule has 0 spiro atoms. The number of aromatic amines is 2. The van der Waals surface area contributed by atoms with Gasteiger partial charge in [0.15, 0.2) is 22.5 Å². The zero-order valence-corrected chi connectivity index (χ0v) is 54.1. The monoisotopic (exact) mass is 1340 g/mol. The van der Waals surface area contributed by atoms with Gasteiger partial charge in [0.05, 0.1) is 57.9 Å². The molecule has 0 radical (unpaired) electrons. The van der Waals surface area contributed by atoms with Crippen molar-refractivity contribution in [1.29, 1.82) is 0 Å². The van der Waals surface area contributed by atoms with Gasteiger partial charge in [0.25, 0.3) is 17.0 Å². The molecule has 0 atom stereocenters. The molecule has 0 unspecified atom stereocenters. The summed E-state index contributed by atoms with van der Waals surface area (Å²) >= 11 is 38.1. The minimum Gasteiger partial charge on any atom is -0.478 e. The molecule has 0 fully saturated rings. The fourth-order valence-electron chi connectivity index (χ4n) is 8.41. The highest BCUT2D eigenvalue weighted by molar-refractivity contribution is 6.41. The van der Waals surface area contributed by atoms with E-state index in [-0.39, 0.29) is 75.3 Å². The maximum Gasteiger partial charge on any atom is 0.347 e. The number of aromatic nitrogens is 8. The molecule has 89 heavy (non-hydrogen) atoms. The van der Waals surface area contributed by atoms with Gasteiger partial charge in [-0.2, -0.15) is 10.2 Å². The van der Waals surface area contributed by atoms with Gasteiger partial charge in [0.2, 0.25) is 0 Å². The maximum atomic E-state index is 13.3. The summed E-state index contributed by atoms with van der Waals surface area (Å²) in [6, 6.07) is 20.3. The van der Waals surface area contributed by atoms with Crippen LogP contribution in [0.4, 0.5) is 0 Å². The predicted molar refractivity (Wildman–Crippen MR) is 344 cm³/mol. The fraction of sp³-hybridized carbons (Fsp3) is 0.379. The number of hydrogen-bond acceptors (Lipinski definition) is 15. The number of H-pyrrole nitrogens is 2. The second kappa shape index (κ2) is 32.2. The van der Waals surface area contributed by atoms with Gasteiger partial charge >= 0.3 is 5.97 Å². The first kappa shape index (κ1) is 70.4. The quantitative estimate of drug-likeness (QED) is 0.0154. The van der Waals surface area contributed by atoms with Crippen molar-refractivity contribution in [3.63, 3.8) is 0 Å². The highest BCUT2D eigenvalue weighted by Gasteiger charge is 2.31. The van der Waals surface area contributed by atoms with Gasteiger partial charge in [-0.25, -0.2) is 24.1 Å². The Morgan fingerprint density at radius 1 is 0.640 bits per heavy atom. The van der Waals surface area contributed by atoms with Crippen molar-refractivity contribution < 1.29 is 33.6 Å². The molecule has 0 aliphatic rings. The van der Waals surface area contributed by atoms with E-state index in [4.69, 9.17) is 115 Å². The molecular formula is C58H64Cl6N16O9. The largest absolute Gasteiger partial charge is 0.478 e. The first-order valence-corrected chi connectivity index (χ1v) is 29.7. The number of benzene rings is 4. The van der Waals surface area contributed by atoms with E-state index in [9.17, 15) is 24.3 Å². The highest BCUT2D eigenvalue weighted by Crippen LogP contribution is 2.37. The summed E-state index contributed by atoms with van der Waals surface area (Å²) in [7, 11) is 0. The Labute approximate surface area is 540 Å². The average Bonchev–Trinajstić information content (AvgIpc) is 1.67. The van der Waals surface area contributed by atoms with Gasteiger partial charge in [0.1, 0.15) is 45.3 Å². The summed E-state index contributed by atoms with van der Waals surface area (Å²) in [5, 5.41) is 30.5. The highest BCUT2D eigenvalue weighted by atomic mass is 35.5. The first-order valence-electron chi connectivity index (χ1n) is 27.5. The summed E-state index contributed by atoms with van der Waals surface area (Å²) in [5.41, 5.74) is 22.2. The van der Waals surface area contributed by atoms with Gasteiger partial charge in [-0.15, -0.1) is 0 Å². The fourth-order valence-corrected chi connectivity index (χ4v) is 10.4. The lowest BCUT2D eigenvalue weighted by Gasteiger charge is -2.25. The number of halogens is 6. The number of carbonyl (C=O) groups excluding carboxylic acids is 1. The third-order valence-electron chi connectivity index (χ3n) is 12.7. The molecule has 25 nitrogen and oxygen atoms in total. The van der Waals surface area contributed by atoms with Crippen LogP contribution in [0.5, 0.6) is 11.5 Å². The Hall–Kier alpha value is -7.64. The zero-order chi connectivity index (χ0) is 65.3. The maximum absolute atomic E-state index is 13.3. The molecule has 4 aromatic heterocycles. The van der Waals surface area contributed by atoms with Crippen LogP contribution in [-0.2, 0) is 31.9 Å². The van der Waals surface area contributed by atoms with E-state index >= 15 is 0 Å². The summed E-state index contributed by atoms with van der Waals surface area (Å²) < 4.78 is 24.7. The SMILES string of the molecule is CC(C)c1nn(-c2c(Cl)cc(Cl)cc2Cl)c2nc(Cc3ccc(OC(C)(C)C(=O)NCCOCCN=[N+]=[N-])cc3)[nH]c(=O)c12.CC(C)c1nn(-c2c(Cl)cc(Cl)cc2Cl)c2nc(Cc3ccc(OC(C)(C)C(=O)O)cc3)[nH]c(=O)c12.[N-]=[N+]=NCCOCCN. The molecular weight excluding hydrogens is 1280 g/mol. The van der Waals surface area contributed by atoms with E-state index in [0.29, 0.717) is 117 Å². The molecule has 472 valence electrons. The Balaban J connectivity index is 0.000000252. The van der Waals surface area contributed by atoms with Crippen molar-refractivity contribution in [2.75, 3.05) is 52.6 Å². The lowest BCUT2D eigenvalue weighted by Crippen LogP contribution is -2.47. The van der Waals surface area contributed by atoms with Crippen LogP contribution in [0.15, 0.2) is 92.6 Å². The predicted octanol–water partition coefficient (Wildman–Crippen LogP) is 12.7. The van der Waals surface area contributed by atoms with Crippen molar-refractivity contribution in [2.24, 2.45) is 16.0 Å². The number of amides is 1. The average molecular weight is 1340 g/mol. The second-order valence-electron chi connectivity index (χ2n) is 21.1. The van der Waals surface area contributed by atoms with E-state index < -0.39 is 17.2 Å². The van der Waals surface area contributed by atoms with Crippen molar-refractivity contribution in [3.05, 3.63) is 179 Å². The molecule has 4 heterocycles. The van der Waals surface area contributed by atoms with Crippen LogP contribution in [0, 0.1) is 0 Å². The standard InChI is InChI=1S/C29H31Cl3N8O4.C25H23Cl3N4O4.C4H10N4O/c1-16(2)24-23-26(40(38-24)25-20(31)14-18(30)15-21(25)32)36-22(37-27(23)41)13-17-5-7-19(8-6-17)44-29(3,4)28(42)34-9-11-43-12-10-35-39-33;1-12(2)20-19-22(32(31-20)21-16(27)10-14(26)11-17(21)28)29-18(30-23(19)33)9-13-5-7-15(8-6-13)36-25(3,4)24(34)35;5-1-3-9-4-2-7-8-6/h5-8,14-16H,9-13H2,1-4H3,(H,34,42)(H,36,37,41);5-8,10-12H,9H2,1-4H3,(H,34,35)(H,29,30,33);1-5H2. The third-order valence-corrected chi connectivity index (χ3v) is 14.3. The Kier molecular flexibility index (Phi) is 25.5. The lowest BCUT2D eigenvalue weighted by atomic mass is 10.1. The number of hydrogen-bond donors (Lipinski definition) is 5. The van der Waals surface area contributed by atoms with Gasteiger partial charge in [-0.3, -0.25) is 14.4 Å². The van der Waals surface area contributed by atoms with E-state index in [1.165, 1.54) is 23.2 Å². The summed E-state index contributed by atoms with van der Waals surface area (Å²) in [6.45, 7) is 16.9. The number of rotatable bonds is 25. The van der Waals surface area contributed by atoms with Gasteiger partial charge in [-0.05, 0) is 110 Å². The van der Waals surface area contributed by atoms with Crippen LogP contribution in [0.25, 0.3) is 54.3 Å². The van der Waals surface area contributed by atoms with E-state index in [1.54, 1.807) is 74.5 Å². The van der Waals surface area contributed by atoms with Gasteiger partial charge in [-0.1, -0.05) is 132 Å². The van der Waals surface area contributed by atoms with Crippen molar-refractivity contribution in [1.82, 2.24) is 44.8 Å². The number of carboxylic acids is 1. The summed E-state index contributed by atoms with van der Waals surface area (Å²) in [4.78, 5) is 70.8. The van der Waals surface area contributed by atoms with Crippen molar-refractivity contribution in [3.8, 4) is 22.9 Å². The molecule has 0 bridgehead atoms. The smallest absolute Gasteiger partial charge is 0.347 e. The molecule has 8 rings (SSSR count). The molecule has 0 aliphatic heterocycles. The number of nitrogens with one attached hydrogen (secondary N) is 3. The number of fused-ring (bicyclic) bond motifs is 2. The number of carboxylic acid groups (broad SMARTS) is 1. The van der Waals surface area contributed by atoms with E-state index in [0.717, 1.165) is 11.1 Å². The van der Waals surface area contributed by atoms with Crippen molar-refractivity contribution >= 4 is 104 Å². The Morgan fingerprint density at radius 2 is 1.02 bits per heavy atom. The lowest BCUT2D eigenvalue weighted by molar-refractivity contribution is -0.152. The normalized spacial score (nSPS) is 11.4. The zero-order valence-electron chi connectivity index (χ0n) is 49.6. The van der Waals surface area contributed by atoms with Gasteiger partial charge in [0, 0.05) is 58.9 Å². The molecule has 0 aliphatic carbocycles. The van der Waals surface area contributed by atoms with Crippen LogP contribution in [-0.4, -0.2) is 120 Å². The molecule has 31 heteroatoms. The summed E-state index contributed by atoms with van der Waals surface area (Å²) in [5.74, 6) is 0.209. The van der Waals surface area contributed by atoms with E-state index in [1.807, 2.05) is 39.8 Å². The van der Waals surface area contributed by atoms with E-state index in [2.05, 4.69) is 45.5 Å². The molecule has 0 saturated carbocycles. The number of nitrogens with zero attached hydrogens (tertiary/aromatic N) is 12. The number of carbonyl (C=O) groups is 2. The van der Waals surface area contributed by atoms with Crippen LogP contribution < -0.4 is 31.6 Å². The molecule has 8 aromatic rings. The third kappa shape index (κ3) is 19.0. The Morgan fingerprint density at radius 3 is 1.38 bits per heavy atom. The number of ether oxygens (including phenoxy) is 4. The summed E-state index contributed by atoms with van der Waals surface area (Å²) in [6.07, 6.45) is 0.608.